The molecule has 0 radical (unpaired) electrons. The van der Waals surface area contributed by atoms with Crippen molar-refractivity contribution >= 4 is 34.9 Å². The van der Waals surface area contributed by atoms with Crippen LogP contribution in [0.25, 0.3) is 6.08 Å². The van der Waals surface area contributed by atoms with Gasteiger partial charge in [-0.05, 0) is 42.1 Å². The third kappa shape index (κ3) is 4.27. The Bertz CT molecular complexity index is 1030. The SMILES string of the molecule is N#Cc1cccc(C(=O)NCCN2C(=O)S/C(=C\c3ccccc3F)C2=O)c1. The number of imide groups is 1. The molecule has 1 fully saturated rings. The van der Waals surface area contributed by atoms with E-state index in [0.717, 1.165) is 16.7 Å². The first-order valence-corrected chi connectivity index (χ1v) is 9.09. The molecular formula is C20H14FN3O3S. The van der Waals surface area contributed by atoms with Crippen LogP contribution in [0.4, 0.5) is 9.18 Å². The zero-order valence-electron chi connectivity index (χ0n) is 14.5. The van der Waals surface area contributed by atoms with E-state index < -0.39 is 22.9 Å². The fraction of sp³-hybridized carbons (Fsp3) is 0.100. The average Bonchev–Trinajstić information content (AvgIpc) is 2.97. The predicted octanol–water partition coefficient (Wildman–Crippen LogP) is 3.16. The summed E-state index contributed by atoms with van der Waals surface area (Å²) in [5.41, 5.74) is 0.892. The molecule has 140 valence electrons. The summed E-state index contributed by atoms with van der Waals surface area (Å²) in [4.78, 5) is 37.7. The van der Waals surface area contributed by atoms with Crippen molar-refractivity contribution in [2.75, 3.05) is 13.1 Å². The Morgan fingerprint density at radius 1 is 1.21 bits per heavy atom. The maximum absolute atomic E-state index is 13.7. The number of nitriles is 1. The van der Waals surface area contributed by atoms with E-state index in [-0.39, 0.29) is 23.6 Å². The molecule has 1 heterocycles. The molecule has 0 aliphatic carbocycles. The zero-order valence-corrected chi connectivity index (χ0v) is 15.3. The summed E-state index contributed by atoms with van der Waals surface area (Å²) in [6.07, 6.45) is 1.34. The summed E-state index contributed by atoms with van der Waals surface area (Å²) in [6, 6.07) is 14.1. The van der Waals surface area contributed by atoms with E-state index in [4.69, 9.17) is 5.26 Å². The van der Waals surface area contributed by atoms with Gasteiger partial charge in [-0.15, -0.1) is 0 Å². The van der Waals surface area contributed by atoms with Crippen LogP contribution < -0.4 is 5.32 Å². The molecule has 8 heteroatoms. The summed E-state index contributed by atoms with van der Waals surface area (Å²) in [6.45, 7) is 0.0452. The Labute approximate surface area is 164 Å². The minimum absolute atomic E-state index is 0.0110. The van der Waals surface area contributed by atoms with Crippen LogP contribution in [-0.2, 0) is 4.79 Å². The van der Waals surface area contributed by atoms with Gasteiger partial charge in [0.1, 0.15) is 5.82 Å². The highest BCUT2D eigenvalue weighted by molar-refractivity contribution is 8.18. The lowest BCUT2D eigenvalue weighted by Gasteiger charge is -2.13. The molecule has 0 aromatic heterocycles. The Morgan fingerprint density at radius 3 is 2.75 bits per heavy atom. The largest absolute Gasteiger partial charge is 0.350 e. The molecule has 0 saturated carbocycles. The molecule has 3 rings (SSSR count). The van der Waals surface area contributed by atoms with Gasteiger partial charge in [0.05, 0.1) is 16.5 Å². The van der Waals surface area contributed by atoms with Gasteiger partial charge in [0.15, 0.2) is 0 Å². The first kappa shape index (κ1) is 19.3. The Morgan fingerprint density at radius 2 is 2.00 bits per heavy atom. The van der Waals surface area contributed by atoms with Gasteiger partial charge in [0, 0.05) is 24.2 Å². The van der Waals surface area contributed by atoms with Crippen molar-refractivity contribution in [1.29, 1.82) is 5.26 Å². The monoisotopic (exact) mass is 395 g/mol. The van der Waals surface area contributed by atoms with Crippen LogP contribution in [0.5, 0.6) is 0 Å². The van der Waals surface area contributed by atoms with Crippen molar-refractivity contribution in [3.05, 3.63) is 75.9 Å². The maximum atomic E-state index is 13.7. The standard InChI is InChI=1S/C20H14FN3O3S/c21-16-7-2-1-5-14(16)11-17-19(26)24(20(27)28-17)9-8-23-18(25)15-6-3-4-13(10-15)12-22/h1-7,10-11H,8-9H2,(H,23,25)/b17-11-. The first-order valence-electron chi connectivity index (χ1n) is 8.28. The van der Waals surface area contributed by atoms with Crippen LogP contribution in [-0.4, -0.2) is 35.0 Å². The molecule has 3 amide bonds. The smallest absolute Gasteiger partial charge is 0.293 e. The van der Waals surface area contributed by atoms with Crippen molar-refractivity contribution in [3.63, 3.8) is 0 Å². The Balaban J connectivity index is 1.61. The molecule has 0 atom stereocenters. The van der Waals surface area contributed by atoms with Crippen molar-refractivity contribution < 1.29 is 18.8 Å². The summed E-state index contributed by atoms with van der Waals surface area (Å²) in [7, 11) is 0. The van der Waals surface area contributed by atoms with Crippen LogP contribution in [0, 0.1) is 17.1 Å². The van der Waals surface area contributed by atoms with Crippen molar-refractivity contribution in [1.82, 2.24) is 10.2 Å². The third-order valence-electron chi connectivity index (χ3n) is 3.94. The second kappa shape index (κ2) is 8.50. The number of amides is 3. The minimum Gasteiger partial charge on any atom is -0.350 e. The highest BCUT2D eigenvalue weighted by atomic mass is 32.2. The van der Waals surface area contributed by atoms with E-state index in [1.54, 1.807) is 24.3 Å². The molecule has 2 aromatic rings. The lowest BCUT2D eigenvalue weighted by molar-refractivity contribution is -0.122. The van der Waals surface area contributed by atoms with E-state index in [2.05, 4.69) is 5.32 Å². The lowest BCUT2D eigenvalue weighted by Crippen LogP contribution is -2.37. The molecule has 6 nitrogen and oxygen atoms in total. The maximum Gasteiger partial charge on any atom is 0.293 e. The Hall–Kier alpha value is -3.44. The van der Waals surface area contributed by atoms with Gasteiger partial charge in [-0.2, -0.15) is 5.26 Å². The highest BCUT2D eigenvalue weighted by Gasteiger charge is 2.34. The minimum atomic E-state index is -0.529. The molecular weight excluding hydrogens is 381 g/mol. The normalized spacial score (nSPS) is 15.0. The summed E-state index contributed by atoms with van der Waals surface area (Å²) in [5, 5.41) is 11.0. The van der Waals surface area contributed by atoms with Crippen LogP contribution in [0.2, 0.25) is 0 Å². The van der Waals surface area contributed by atoms with Gasteiger partial charge in [-0.3, -0.25) is 19.3 Å². The van der Waals surface area contributed by atoms with Crippen LogP contribution >= 0.6 is 11.8 Å². The zero-order chi connectivity index (χ0) is 20.1. The fourth-order valence-corrected chi connectivity index (χ4v) is 3.40. The molecule has 0 spiro atoms. The van der Waals surface area contributed by atoms with Gasteiger partial charge in [-0.25, -0.2) is 4.39 Å². The molecule has 2 aromatic carbocycles. The number of halogens is 1. The molecule has 28 heavy (non-hydrogen) atoms. The number of carbonyl (C=O) groups is 3. The summed E-state index contributed by atoms with van der Waals surface area (Å²) >= 11 is 0.729. The quantitative estimate of drug-likeness (QED) is 0.786. The van der Waals surface area contributed by atoms with Crippen LogP contribution in [0.15, 0.2) is 53.4 Å². The fourth-order valence-electron chi connectivity index (χ4n) is 2.54. The summed E-state index contributed by atoms with van der Waals surface area (Å²) in [5.74, 6) is -1.42. The summed E-state index contributed by atoms with van der Waals surface area (Å²) < 4.78 is 13.7. The van der Waals surface area contributed by atoms with Gasteiger partial charge >= 0.3 is 0 Å². The molecule has 0 bridgehead atoms. The van der Waals surface area contributed by atoms with Crippen molar-refractivity contribution in [2.24, 2.45) is 0 Å². The average molecular weight is 395 g/mol. The number of nitrogens with zero attached hydrogens (tertiary/aromatic N) is 2. The van der Waals surface area contributed by atoms with Gasteiger partial charge in [-0.1, -0.05) is 24.3 Å². The number of thioether (sulfide) groups is 1. The van der Waals surface area contributed by atoms with Gasteiger partial charge in [0.25, 0.3) is 17.1 Å². The van der Waals surface area contributed by atoms with Crippen LogP contribution in [0.1, 0.15) is 21.5 Å². The van der Waals surface area contributed by atoms with E-state index in [1.807, 2.05) is 6.07 Å². The number of benzene rings is 2. The number of rotatable bonds is 5. The van der Waals surface area contributed by atoms with Crippen molar-refractivity contribution in [2.45, 2.75) is 0 Å². The second-order valence-electron chi connectivity index (χ2n) is 5.80. The molecule has 1 saturated heterocycles. The lowest BCUT2D eigenvalue weighted by atomic mass is 10.1. The first-order chi connectivity index (χ1) is 13.5. The van der Waals surface area contributed by atoms with Crippen LogP contribution in [0.3, 0.4) is 0 Å². The van der Waals surface area contributed by atoms with Gasteiger partial charge in [0.2, 0.25) is 0 Å². The molecule has 1 aliphatic heterocycles. The number of hydrogen-bond donors (Lipinski definition) is 1. The molecule has 0 unspecified atom stereocenters. The van der Waals surface area contributed by atoms with E-state index >= 15 is 0 Å². The van der Waals surface area contributed by atoms with E-state index in [1.165, 1.54) is 30.3 Å². The highest BCUT2D eigenvalue weighted by Crippen LogP contribution is 2.32. The second-order valence-corrected chi connectivity index (χ2v) is 6.80. The molecule has 1 N–H and O–H groups in total. The third-order valence-corrected chi connectivity index (χ3v) is 4.85. The number of hydrogen-bond acceptors (Lipinski definition) is 5. The van der Waals surface area contributed by atoms with Crippen molar-refractivity contribution in [3.8, 4) is 6.07 Å². The van der Waals surface area contributed by atoms with E-state index in [9.17, 15) is 18.8 Å². The van der Waals surface area contributed by atoms with E-state index in [0.29, 0.717) is 11.1 Å². The number of carbonyl (C=O) groups excluding carboxylic acids is 3. The van der Waals surface area contributed by atoms with Gasteiger partial charge < -0.3 is 5.32 Å². The Kier molecular flexibility index (Phi) is 5.87. The topological polar surface area (TPSA) is 90.3 Å². The predicted molar refractivity (Wildman–Crippen MR) is 103 cm³/mol. The number of nitrogens with one attached hydrogen (secondary N) is 1. The molecule has 1 aliphatic rings.